The fraction of sp³-hybridized carbons (Fsp3) is 0.900. The van der Waals surface area contributed by atoms with Crippen molar-refractivity contribution in [3.8, 4) is 6.07 Å². The first-order valence-corrected chi connectivity index (χ1v) is 10.2. The highest BCUT2D eigenvalue weighted by Crippen LogP contribution is 2.48. The van der Waals surface area contributed by atoms with Crippen molar-refractivity contribution in [2.24, 2.45) is 17.8 Å². The van der Waals surface area contributed by atoms with Gasteiger partial charge in [0.15, 0.2) is 0 Å². The molecule has 0 unspecified atom stereocenters. The maximum Gasteiger partial charge on any atom is 0.241 e. The third-order valence-corrected chi connectivity index (χ3v) is 7.13. The highest BCUT2D eigenvalue weighted by atomic mass is 16.3. The Morgan fingerprint density at radius 3 is 2.96 bits per heavy atom. The number of likely N-dealkylation sites (tertiary alicyclic amines) is 1. The smallest absolute Gasteiger partial charge is 0.241 e. The van der Waals surface area contributed by atoms with Crippen molar-refractivity contribution in [3.05, 3.63) is 0 Å². The molecule has 0 aromatic heterocycles. The van der Waals surface area contributed by atoms with Crippen molar-refractivity contribution in [2.45, 2.75) is 88.4 Å². The fourth-order valence-corrected chi connectivity index (χ4v) is 5.88. The van der Waals surface area contributed by atoms with Gasteiger partial charge in [-0.2, -0.15) is 5.26 Å². The molecule has 138 valence electrons. The molecule has 0 aromatic rings. The Bertz CT molecular complexity index is 574. The SMILES string of the molecule is CC[C@H](NC[C@@H]1C[C@@H]2CCC[C@](O)(C1)C2)C(=O)N1[C@H](C#N)C[C@@H]2C[C@@H]21. The minimum Gasteiger partial charge on any atom is -0.390 e. The molecule has 2 N–H and O–H groups in total. The van der Waals surface area contributed by atoms with E-state index >= 15 is 0 Å². The summed E-state index contributed by atoms with van der Waals surface area (Å²) in [4.78, 5) is 14.8. The van der Waals surface area contributed by atoms with Gasteiger partial charge in [0.1, 0.15) is 6.04 Å². The molecule has 7 atom stereocenters. The van der Waals surface area contributed by atoms with Crippen LogP contribution in [-0.2, 0) is 4.79 Å². The molecule has 1 aliphatic heterocycles. The van der Waals surface area contributed by atoms with E-state index in [4.69, 9.17) is 0 Å². The summed E-state index contributed by atoms with van der Waals surface area (Å²) in [7, 11) is 0. The van der Waals surface area contributed by atoms with Crippen LogP contribution in [0.5, 0.6) is 0 Å². The van der Waals surface area contributed by atoms with Gasteiger partial charge in [0.05, 0.1) is 17.7 Å². The van der Waals surface area contributed by atoms with Crippen LogP contribution in [0.25, 0.3) is 0 Å². The first kappa shape index (κ1) is 17.3. The van der Waals surface area contributed by atoms with Gasteiger partial charge in [0, 0.05) is 6.04 Å². The molecule has 0 aromatic carbocycles. The van der Waals surface area contributed by atoms with Gasteiger partial charge >= 0.3 is 0 Å². The van der Waals surface area contributed by atoms with E-state index in [1.54, 1.807) is 0 Å². The third kappa shape index (κ3) is 3.31. The van der Waals surface area contributed by atoms with E-state index in [0.29, 0.717) is 23.8 Å². The molecule has 25 heavy (non-hydrogen) atoms. The Kier molecular flexibility index (Phi) is 4.54. The second-order valence-electron chi connectivity index (χ2n) is 9.05. The van der Waals surface area contributed by atoms with E-state index < -0.39 is 5.60 Å². The normalized spacial score (nSPS) is 43.2. The number of hydrogen-bond donors (Lipinski definition) is 2. The Labute approximate surface area is 150 Å². The van der Waals surface area contributed by atoms with E-state index in [9.17, 15) is 15.2 Å². The zero-order valence-electron chi connectivity index (χ0n) is 15.3. The summed E-state index contributed by atoms with van der Waals surface area (Å²) in [6.07, 6.45) is 9.06. The van der Waals surface area contributed by atoms with Crippen molar-refractivity contribution in [3.63, 3.8) is 0 Å². The lowest BCUT2D eigenvalue weighted by Gasteiger charge is -2.45. The van der Waals surface area contributed by atoms with Gasteiger partial charge < -0.3 is 15.3 Å². The number of nitriles is 1. The molecule has 1 amide bonds. The predicted molar refractivity (Wildman–Crippen MR) is 94.5 cm³/mol. The Morgan fingerprint density at radius 1 is 1.40 bits per heavy atom. The first-order valence-electron chi connectivity index (χ1n) is 10.2. The van der Waals surface area contributed by atoms with E-state index in [0.717, 1.165) is 51.5 Å². The Hall–Kier alpha value is -1.12. The number of carbonyl (C=O) groups excluding carboxylic acids is 1. The minimum atomic E-state index is -0.457. The van der Waals surface area contributed by atoms with Gasteiger partial charge in [-0.1, -0.05) is 19.8 Å². The standard InChI is InChI=1S/C20H31N3O2/c1-2-17(19(24)23-16(11-21)7-15-8-18(15)23)22-12-14-6-13-4-3-5-20(25,9-13)10-14/h13-18,22,25H,2-10,12H2,1H3/t13-,14+,15+,16-,17-,18-,20+/m0/s1. The van der Waals surface area contributed by atoms with Crippen LogP contribution >= 0.6 is 0 Å². The number of piperidine rings is 1. The molecule has 5 heteroatoms. The Balaban J connectivity index is 1.35. The van der Waals surface area contributed by atoms with Crippen LogP contribution in [0, 0.1) is 29.1 Å². The lowest BCUT2D eigenvalue weighted by molar-refractivity contribution is -0.134. The molecular weight excluding hydrogens is 314 g/mol. The molecule has 3 saturated carbocycles. The summed E-state index contributed by atoms with van der Waals surface area (Å²) in [6.45, 7) is 2.85. The summed E-state index contributed by atoms with van der Waals surface area (Å²) >= 11 is 0. The third-order valence-electron chi connectivity index (χ3n) is 7.13. The molecular formula is C20H31N3O2. The zero-order valence-corrected chi connectivity index (χ0v) is 15.3. The number of rotatable bonds is 5. The van der Waals surface area contributed by atoms with Gasteiger partial charge in [-0.25, -0.2) is 0 Å². The fourth-order valence-electron chi connectivity index (χ4n) is 5.88. The maximum atomic E-state index is 13.0. The molecule has 2 bridgehead atoms. The number of amides is 1. The number of fused-ring (bicyclic) bond motifs is 3. The Morgan fingerprint density at radius 2 is 2.24 bits per heavy atom. The molecule has 1 saturated heterocycles. The van der Waals surface area contributed by atoms with Crippen molar-refractivity contribution in [1.29, 1.82) is 5.26 Å². The van der Waals surface area contributed by atoms with Crippen LogP contribution in [0.3, 0.4) is 0 Å². The van der Waals surface area contributed by atoms with Crippen LogP contribution in [0.2, 0.25) is 0 Å². The largest absolute Gasteiger partial charge is 0.390 e. The van der Waals surface area contributed by atoms with E-state index in [1.807, 2.05) is 11.8 Å². The number of nitrogens with one attached hydrogen (secondary N) is 1. The highest BCUT2D eigenvalue weighted by Gasteiger charge is 2.54. The summed E-state index contributed by atoms with van der Waals surface area (Å²) < 4.78 is 0. The van der Waals surface area contributed by atoms with Gasteiger partial charge in [-0.3, -0.25) is 4.79 Å². The molecule has 0 spiro atoms. The van der Waals surface area contributed by atoms with Crippen molar-refractivity contribution >= 4 is 5.91 Å². The van der Waals surface area contributed by atoms with Crippen molar-refractivity contribution in [2.75, 3.05) is 6.54 Å². The molecule has 1 heterocycles. The van der Waals surface area contributed by atoms with Crippen molar-refractivity contribution < 1.29 is 9.90 Å². The maximum absolute atomic E-state index is 13.0. The van der Waals surface area contributed by atoms with E-state index in [2.05, 4.69) is 11.4 Å². The van der Waals surface area contributed by atoms with Gasteiger partial charge in [0.25, 0.3) is 0 Å². The second-order valence-corrected chi connectivity index (χ2v) is 9.05. The first-order chi connectivity index (χ1) is 12.0. The molecule has 0 radical (unpaired) electrons. The van der Waals surface area contributed by atoms with E-state index in [-0.39, 0.29) is 18.0 Å². The van der Waals surface area contributed by atoms with Gasteiger partial charge in [-0.05, 0) is 69.2 Å². The van der Waals surface area contributed by atoms with E-state index in [1.165, 1.54) is 12.8 Å². The number of aliphatic hydroxyl groups is 1. The summed E-state index contributed by atoms with van der Waals surface area (Å²) in [5.41, 5.74) is -0.457. The van der Waals surface area contributed by atoms with Crippen LogP contribution in [0.15, 0.2) is 0 Å². The molecule has 4 rings (SSSR count). The highest BCUT2D eigenvalue weighted by molar-refractivity contribution is 5.83. The predicted octanol–water partition coefficient (Wildman–Crippen LogP) is 2.20. The van der Waals surface area contributed by atoms with Crippen LogP contribution in [0.4, 0.5) is 0 Å². The summed E-state index contributed by atoms with van der Waals surface area (Å²) in [5, 5.41) is 23.6. The van der Waals surface area contributed by atoms with Crippen molar-refractivity contribution in [1.82, 2.24) is 10.2 Å². The monoisotopic (exact) mass is 345 g/mol. The number of carbonyl (C=O) groups is 1. The second kappa shape index (κ2) is 6.55. The van der Waals surface area contributed by atoms with Gasteiger partial charge in [-0.15, -0.1) is 0 Å². The lowest BCUT2D eigenvalue weighted by Crippen LogP contribution is -2.51. The molecule has 5 nitrogen and oxygen atoms in total. The topological polar surface area (TPSA) is 76.4 Å². The quantitative estimate of drug-likeness (QED) is 0.801. The molecule has 4 aliphatic rings. The zero-order chi connectivity index (χ0) is 17.6. The van der Waals surface area contributed by atoms with Gasteiger partial charge in [0.2, 0.25) is 5.91 Å². The minimum absolute atomic E-state index is 0.119. The number of hydrogen-bond acceptors (Lipinski definition) is 4. The lowest BCUT2D eigenvalue weighted by atomic mass is 9.65. The van der Waals surface area contributed by atoms with Crippen LogP contribution < -0.4 is 5.32 Å². The van der Waals surface area contributed by atoms with Crippen LogP contribution in [-0.4, -0.2) is 46.2 Å². The molecule has 3 aliphatic carbocycles. The average Bonchev–Trinajstić information content (AvgIpc) is 3.24. The number of nitrogens with zero attached hydrogens (tertiary/aromatic N) is 2. The molecule has 4 fully saturated rings. The summed E-state index contributed by atoms with van der Waals surface area (Å²) in [6, 6.07) is 2.23. The average molecular weight is 345 g/mol. The summed E-state index contributed by atoms with van der Waals surface area (Å²) in [5.74, 6) is 1.81. The van der Waals surface area contributed by atoms with Crippen LogP contribution in [0.1, 0.15) is 64.7 Å².